The average molecular weight is 334 g/mol. The molecule has 1 aliphatic rings. The lowest BCUT2D eigenvalue weighted by molar-refractivity contribution is 0.0572. The summed E-state index contributed by atoms with van der Waals surface area (Å²) in [4.78, 5) is -0.0680. The van der Waals surface area contributed by atoms with Crippen LogP contribution in [0.15, 0.2) is 34.1 Å². The number of ether oxygens (including phenoxy) is 1. The number of piperidine rings is 1. The number of nitrogens with zero attached hydrogens (tertiary/aromatic N) is 1. The largest absolute Gasteiger partial charge is 0.380 e. The van der Waals surface area contributed by atoms with Gasteiger partial charge in [-0.25, -0.2) is 22.0 Å². The molecule has 0 amide bonds. The van der Waals surface area contributed by atoms with Gasteiger partial charge in [0.1, 0.15) is 0 Å². The quantitative estimate of drug-likeness (QED) is 0.842. The SMILES string of the molecule is COC1CCCN(S(=O)(=O)c2ccc(S(N)(=O)=O)cc2)C1. The van der Waals surface area contributed by atoms with Crippen molar-refractivity contribution in [2.75, 3.05) is 20.2 Å². The Morgan fingerprint density at radius 2 is 1.71 bits per heavy atom. The fraction of sp³-hybridized carbons (Fsp3) is 0.500. The summed E-state index contributed by atoms with van der Waals surface area (Å²) < 4.78 is 53.9. The summed E-state index contributed by atoms with van der Waals surface area (Å²) in [5.41, 5.74) is 0. The van der Waals surface area contributed by atoms with Gasteiger partial charge in [-0.2, -0.15) is 4.31 Å². The van der Waals surface area contributed by atoms with E-state index >= 15 is 0 Å². The van der Waals surface area contributed by atoms with E-state index in [1.54, 1.807) is 7.11 Å². The van der Waals surface area contributed by atoms with Crippen LogP contribution in [-0.4, -0.2) is 47.4 Å². The number of primary sulfonamides is 1. The highest BCUT2D eigenvalue weighted by Gasteiger charge is 2.30. The highest BCUT2D eigenvalue weighted by atomic mass is 32.2. The van der Waals surface area contributed by atoms with Crippen LogP contribution in [-0.2, 0) is 24.8 Å². The third-order valence-corrected chi connectivity index (χ3v) is 6.27. The number of hydrogen-bond acceptors (Lipinski definition) is 5. The van der Waals surface area contributed by atoms with Crippen molar-refractivity contribution in [1.29, 1.82) is 0 Å². The van der Waals surface area contributed by atoms with Crippen molar-refractivity contribution in [2.24, 2.45) is 5.14 Å². The first-order chi connectivity index (χ1) is 9.75. The van der Waals surface area contributed by atoms with E-state index in [4.69, 9.17) is 9.88 Å². The normalized spacial score (nSPS) is 21.3. The second-order valence-corrected chi connectivity index (χ2v) is 8.38. The lowest BCUT2D eigenvalue weighted by Crippen LogP contribution is -2.42. The van der Waals surface area contributed by atoms with E-state index in [0.717, 1.165) is 12.8 Å². The summed E-state index contributed by atoms with van der Waals surface area (Å²) in [6.45, 7) is 0.731. The molecule has 1 fully saturated rings. The number of methoxy groups -OCH3 is 1. The molecule has 7 nitrogen and oxygen atoms in total. The van der Waals surface area contributed by atoms with E-state index in [2.05, 4.69) is 0 Å². The van der Waals surface area contributed by atoms with Crippen molar-refractivity contribution in [3.8, 4) is 0 Å². The van der Waals surface area contributed by atoms with Crippen LogP contribution < -0.4 is 5.14 Å². The van der Waals surface area contributed by atoms with E-state index in [-0.39, 0.29) is 15.9 Å². The predicted molar refractivity (Wildman–Crippen MR) is 76.6 cm³/mol. The summed E-state index contributed by atoms with van der Waals surface area (Å²) in [6.07, 6.45) is 1.44. The topological polar surface area (TPSA) is 107 Å². The Labute approximate surface area is 124 Å². The first-order valence-electron chi connectivity index (χ1n) is 6.41. The van der Waals surface area contributed by atoms with Crippen molar-refractivity contribution in [3.05, 3.63) is 24.3 Å². The zero-order chi connectivity index (χ0) is 15.7. The molecule has 2 N–H and O–H groups in total. The first-order valence-corrected chi connectivity index (χ1v) is 9.39. The average Bonchev–Trinajstić information content (AvgIpc) is 2.46. The van der Waals surface area contributed by atoms with E-state index in [1.807, 2.05) is 0 Å². The Morgan fingerprint density at radius 3 is 2.24 bits per heavy atom. The number of benzene rings is 1. The van der Waals surface area contributed by atoms with Gasteiger partial charge in [0.15, 0.2) is 0 Å². The molecule has 9 heteroatoms. The van der Waals surface area contributed by atoms with Gasteiger partial charge in [0.05, 0.1) is 15.9 Å². The molecule has 118 valence electrons. The summed E-state index contributed by atoms with van der Waals surface area (Å²) in [5.74, 6) is 0. The van der Waals surface area contributed by atoms with Crippen molar-refractivity contribution < 1.29 is 21.6 Å². The summed E-state index contributed by atoms with van der Waals surface area (Å²) in [6, 6.07) is 4.90. The standard InChI is InChI=1S/C12H18N2O5S2/c1-19-10-3-2-8-14(9-10)21(17,18)12-6-4-11(5-7-12)20(13,15)16/h4-7,10H,2-3,8-9H2,1H3,(H2,13,15,16). The van der Waals surface area contributed by atoms with Crippen LogP contribution in [0, 0.1) is 0 Å². The van der Waals surface area contributed by atoms with E-state index < -0.39 is 20.0 Å². The van der Waals surface area contributed by atoms with Crippen LogP contribution in [0.4, 0.5) is 0 Å². The van der Waals surface area contributed by atoms with Gasteiger partial charge in [-0.1, -0.05) is 0 Å². The fourth-order valence-corrected chi connectivity index (χ4v) is 4.29. The molecule has 1 aromatic rings. The molecule has 1 aliphatic heterocycles. The minimum absolute atomic E-state index is 0.0478. The number of sulfonamides is 2. The molecule has 0 saturated carbocycles. The van der Waals surface area contributed by atoms with Crippen molar-refractivity contribution in [2.45, 2.75) is 28.7 Å². The first kappa shape index (κ1) is 16.4. The third kappa shape index (κ3) is 3.61. The van der Waals surface area contributed by atoms with Crippen LogP contribution in [0.5, 0.6) is 0 Å². The predicted octanol–water partition coefficient (Wildman–Crippen LogP) is 0.134. The zero-order valence-electron chi connectivity index (χ0n) is 11.6. The Bertz CT molecular complexity index is 698. The molecule has 1 unspecified atom stereocenters. The van der Waals surface area contributed by atoms with E-state index in [1.165, 1.54) is 28.6 Å². The lowest BCUT2D eigenvalue weighted by atomic mass is 10.1. The van der Waals surface area contributed by atoms with E-state index in [9.17, 15) is 16.8 Å². The molecule has 0 aromatic heterocycles. The Morgan fingerprint density at radius 1 is 1.14 bits per heavy atom. The lowest BCUT2D eigenvalue weighted by Gasteiger charge is -2.31. The van der Waals surface area contributed by atoms with Crippen LogP contribution in [0.3, 0.4) is 0 Å². The maximum atomic E-state index is 12.5. The zero-order valence-corrected chi connectivity index (χ0v) is 13.2. The second kappa shape index (κ2) is 6.01. The van der Waals surface area contributed by atoms with Crippen LogP contribution in [0.25, 0.3) is 0 Å². The van der Waals surface area contributed by atoms with E-state index in [0.29, 0.717) is 13.1 Å². The molecule has 1 saturated heterocycles. The second-order valence-electron chi connectivity index (χ2n) is 4.88. The molecule has 21 heavy (non-hydrogen) atoms. The molecule has 2 rings (SSSR count). The minimum Gasteiger partial charge on any atom is -0.380 e. The molecule has 0 aliphatic carbocycles. The van der Waals surface area contributed by atoms with Gasteiger partial charge in [0, 0.05) is 20.2 Å². The maximum Gasteiger partial charge on any atom is 0.243 e. The molecule has 0 spiro atoms. The number of hydrogen-bond donors (Lipinski definition) is 1. The molecule has 1 aromatic carbocycles. The van der Waals surface area contributed by atoms with Crippen LogP contribution in [0.1, 0.15) is 12.8 Å². The molecule has 1 atom stereocenters. The summed E-state index contributed by atoms with van der Waals surface area (Å²) in [5, 5.41) is 4.99. The van der Waals surface area contributed by atoms with Gasteiger partial charge in [0.25, 0.3) is 0 Å². The van der Waals surface area contributed by atoms with Gasteiger partial charge in [-0.05, 0) is 37.1 Å². The monoisotopic (exact) mass is 334 g/mol. The van der Waals surface area contributed by atoms with Crippen LogP contribution in [0.2, 0.25) is 0 Å². The molecular formula is C12H18N2O5S2. The Kier molecular flexibility index (Phi) is 4.69. The highest BCUT2D eigenvalue weighted by molar-refractivity contribution is 7.89. The summed E-state index contributed by atoms with van der Waals surface area (Å²) >= 11 is 0. The van der Waals surface area contributed by atoms with Crippen molar-refractivity contribution in [1.82, 2.24) is 4.31 Å². The number of rotatable bonds is 4. The van der Waals surface area contributed by atoms with Gasteiger partial charge >= 0.3 is 0 Å². The van der Waals surface area contributed by atoms with Crippen molar-refractivity contribution >= 4 is 20.0 Å². The smallest absolute Gasteiger partial charge is 0.243 e. The van der Waals surface area contributed by atoms with Gasteiger partial charge in [0.2, 0.25) is 20.0 Å². The third-order valence-electron chi connectivity index (χ3n) is 3.46. The molecule has 0 bridgehead atoms. The van der Waals surface area contributed by atoms with Gasteiger partial charge in [-0.15, -0.1) is 0 Å². The number of nitrogens with two attached hydrogens (primary N) is 1. The molecule has 0 radical (unpaired) electrons. The van der Waals surface area contributed by atoms with Gasteiger partial charge in [-0.3, -0.25) is 0 Å². The van der Waals surface area contributed by atoms with Crippen molar-refractivity contribution in [3.63, 3.8) is 0 Å². The summed E-state index contributed by atoms with van der Waals surface area (Å²) in [7, 11) is -5.92. The maximum absolute atomic E-state index is 12.5. The minimum atomic E-state index is -3.83. The molecule has 1 heterocycles. The molecular weight excluding hydrogens is 316 g/mol. The van der Waals surface area contributed by atoms with Gasteiger partial charge < -0.3 is 4.74 Å². The fourth-order valence-electron chi connectivity index (χ4n) is 2.27. The Hall–Kier alpha value is -1.00. The Balaban J connectivity index is 2.27. The highest BCUT2D eigenvalue weighted by Crippen LogP contribution is 2.22. The van der Waals surface area contributed by atoms with Crippen LogP contribution >= 0.6 is 0 Å².